The Labute approximate surface area is 193 Å². The zero-order valence-corrected chi connectivity index (χ0v) is 20.0. The molecule has 3 aromatic rings. The Bertz CT molecular complexity index is 1350. The molecule has 1 fully saturated rings. The van der Waals surface area contributed by atoms with Gasteiger partial charge in [0.05, 0.1) is 36.8 Å². The fraction of sp³-hybridized carbons (Fsp3) is 0.400. The second-order valence-corrected chi connectivity index (χ2v) is 10.9. The van der Waals surface area contributed by atoms with Crippen LogP contribution in [-0.2, 0) is 19.5 Å². The van der Waals surface area contributed by atoms with E-state index in [0.29, 0.717) is 33.5 Å². The Kier molecular flexibility index (Phi) is 5.06. The summed E-state index contributed by atoms with van der Waals surface area (Å²) in [6.45, 7) is 6.16. The van der Waals surface area contributed by atoms with E-state index in [4.69, 9.17) is 13.9 Å². The molecule has 2 heterocycles. The minimum Gasteiger partial charge on any atom is -0.462 e. The number of rotatable bonds is 4. The van der Waals surface area contributed by atoms with E-state index in [1.165, 1.54) is 10.6 Å². The Balaban J connectivity index is 1.77. The van der Waals surface area contributed by atoms with Crippen LogP contribution in [0.2, 0.25) is 0 Å². The molecule has 0 radical (unpaired) electrons. The predicted molar refractivity (Wildman–Crippen MR) is 126 cm³/mol. The van der Waals surface area contributed by atoms with Crippen LogP contribution in [-0.4, -0.2) is 39.4 Å². The molecule has 2 aliphatic rings. The van der Waals surface area contributed by atoms with Gasteiger partial charge in [0.2, 0.25) is 10.0 Å². The monoisotopic (exact) mass is 469 g/mol. The van der Waals surface area contributed by atoms with Crippen LogP contribution >= 0.6 is 0 Å². The minimum absolute atomic E-state index is 0.230. The number of ether oxygens (including phenoxy) is 2. The molecule has 33 heavy (non-hydrogen) atoms. The summed E-state index contributed by atoms with van der Waals surface area (Å²) < 4.78 is 44.8. The highest BCUT2D eigenvalue weighted by molar-refractivity contribution is 7.92. The fourth-order valence-electron chi connectivity index (χ4n) is 4.54. The number of carbonyl (C=O) groups is 1. The summed E-state index contributed by atoms with van der Waals surface area (Å²) in [5.41, 5.74) is 3.38. The van der Waals surface area contributed by atoms with E-state index >= 15 is 0 Å². The van der Waals surface area contributed by atoms with Crippen molar-refractivity contribution in [1.82, 2.24) is 0 Å². The first kappa shape index (κ1) is 22.0. The van der Waals surface area contributed by atoms with E-state index < -0.39 is 21.6 Å². The van der Waals surface area contributed by atoms with Crippen LogP contribution in [0.15, 0.2) is 40.8 Å². The predicted octanol–water partition coefficient (Wildman–Crippen LogP) is 4.97. The molecular weight excluding hydrogens is 442 g/mol. The average molecular weight is 470 g/mol. The first-order valence-electron chi connectivity index (χ1n) is 11.1. The molecule has 1 saturated carbocycles. The molecule has 1 aromatic heterocycles. The lowest BCUT2D eigenvalue weighted by Crippen LogP contribution is -2.37. The van der Waals surface area contributed by atoms with Crippen LogP contribution in [0, 0.1) is 6.92 Å². The topological polar surface area (TPSA) is 86.1 Å². The Morgan fingerprint density at radius 2 is 1.91 bits per heavy atom. The van der Waals surface area contributed by atoms with Gasteiger partial charge in [-0.2, -0.15) is 0 Å². The van der Waals surface area contributed by atoms with Gasteiger partial charge < -0.3 is 13.9 Å². The zero-order chi connectivity index (χ0) is 23.5. The number of hydrogen-bond donors (Lipinski definition) is 0. The second kappa shape index (κ2) is 7.60. The molecule has 0 bridgehead atoms. The molecule has 174 valence electrons. The van der Waals surface area contributed by atoms with Gasteiger partial charge >= 0.3 is 5.97 Å². The van der Waals surface area contributed by atoms with E-state index in [2.05, 4.69) is 0 Å². The van der Waals surface area contributed by atoms with Gasteiger partial charge in [0, 0.05) is 22.6 Å². The molecule has 0 N–H and O–H groups in total. The summed E-state index contributed by atoms with van der Waals surface area (Å²) in [6, 6.07) is 11.2. The van der Waals surface area contributed by atoms with E-state index in [9.17, 15) is 13.2 Å². The molecule has 2 aromatic carbocycles. The van der Waals surface area contributed by atoms with Gasteiger partial charge in [0.25, 0.3) is 0 Å². The van der Waals surface area contributed by atoms with E-state index in [-0.39, 0.29) is 19.3 Å². The first-order valence-corrected chi connectivity index (χ1v) is 13.0. The lowest BCUT2D eigenvalue weighted by molar-refractivity contribution is -0.0115. The van der Waals surface area contributed by atoms with Crippen molar-refractivity contribution < 1.29 is 27.1 Å². The smallest absolute Gasteiger partial charge is 0.342 e. The van der Waals surface area contributed by atoms with Gasteiger partial charge in [-0.1, -0.05) is 29.8 Å². The van der Waals surface area contributed by atoms with Crippen LogP contribution in [0.3, 0.4) is 0 Å². The average Bonchev–Trinajstić information content (AvgIpc) is 3.42. The molecule has 7 nitrogen and oxygen atoms in total. The number of fused-ring (bicyclic) bond motifs is 2. The maximum absolute atomic E-state index is 13.0. The SMILES string of the molecule is CCOC(=O)c1c(-c2ccc(C)cc2)oc2cc3c(cc12)C(C)OC1(CC1)CN3S(C)(=O)=O. The molecule has 1 aliphatic carbocycles. The van der Waals surface area contributed by atoms with Crippen molar-refractivity contribution in [1.29, 1.82) is 0 Å². The molecule has 8 heteroatoms. The van der Waals surface area contributed by atoms with Crippen LogP contribution in [0.25, 0.3) is 22.3 Å². The largest absolute Gasteiger partial charge is 0.462 e. The van der Waals surface area contributed by atoms with Crippen LogP contribution < -0.4 is 4.31 Å². The maximum Gasteiger partial charge on any atom is 0.342 e. The van der Waals surface area contributed by atoms with Crippen molar-refractivity contribution in [2.75, 3.05) is 23.7 Å². The highest BCUT2D eigenvalue weighted by Crippen LogP contribution is 2.50. The van der Waals surface area contributed by atoms with Crippen LogP contribution in [0.4, 0.5) is 5.69 Å². The van der Waals surface area contributed by atoms with Crippen molar-refractivity contribution in [3.8, 4) is 11.3 Å². The van der Waals surface area contributed by atoms with Crippen LogP contribution in [0.5, 0.6) is 0 Å². The van der Waals surface area contributed by atoms with Gasteiger partial charge in [-0.15, -0.1) is 0 Å². The molecule has 1 atom stereocenters. The number of furan rings is 1. The molecule has 5 rings (SSSR count). The van der Waals surface area contributed by atoms with Crippen molar-refractivity contribution in [3.05, 3.63) is 53.1 Å². The molecule has 1 unspecified atom stereocenters. The summed E-state index contributed by atoms with van der Waals surface area (Å²) >= 11 is 0. The highest BCUT2D eigenvalue weighted by atomic mass is 32.2. The summed E-state index contributed by atoms with van der Waals surface area (Å²) in [5, 5.41) is 0.582. The number of nitrogens with zero attached hydrogens (tertiary/aromatic N) is 1. The van der Waals surface area contributed by atoms with Crippen molar-refractivity contribution in [2.24, 2.45) is 0 Å². The Morgan fingerprint density at radius 1 is 1.21 bits per heavy atom. The third kappa shape index (κ3) is 3.81. The number of sulfonamides is 1. The van der Waals surface area contributed by atoms with Gasteiger partial charge in [-0.3, -0.25) is 4.31 Å². The standard InChI is InChI=1S/C25H27NO6S/c1-5-30-24(27)22-19-12-18-16(3)32-25(10-11-25)14-26(33(4,28)29)20(18)13-21(19)31-23(22)17-8-6-15(2)7-9-17/h6-9,12-13,16H,5,10-11,14H2,1-4H3. The van der Waals surface area contributed by atoms with Gasteiger partial charge in [0.15, 0.2) is 0 Å². The first-order chi connectivity index (χ1) is 15.6. The lowest BCUT2D eigenvalue weighted by Gasteiger charge is -2.24. The van der Waals surface area contributed by atoms with E-state index in [0.717, 1.165) is 24.0 Å². The summed E-state index contributed by atoms with van der Waals surface area (Å²) in [5.74, 6) is -0.0747. The van der Waals surface area contributed by atoms with Gasteiger partial charge in [-0.05, 0) is 39.7 Å². The van der Waals surface area contributed by atoms with Gasteiger partial charge in [-0.25, -0.2) is 13.2 Å². The molecule has 0 amide bonds. The number of anilines is 1. The highest BCUT2D eigenvalue weighted by Gasteiger charge is 2.50. The normalized spacial score (nSPS) is 19.4. The zero-order valence-electron chi connectivity index (χ0n) is 19.2. The Hall–Kier alpha value is -2.84. The molecular formula is C25H27NO6S. The quantitative estimate of drug-likeness (QED) is 0.501. The maximum atomic E-state index is 13.0. The number of carbonyl (C=O) groups excluding carboxylic acids is 1. The number of benzene rings is 2. The molecule has 1 aliphatic heterocycles. The Morgan fingerprint density at radius 3 is 2.52 bits per heavy atom. The third-order valence-electron chi connectivity index (χ3n) is 6.40. The number of hydrogen-bond acceptors (Lipinski definition) is 6. The summed E-state index contributed by atoms with van der Waals surface area (Å²) in [4.78, 5) is 13.0. The summed E-state index contributed by atoms with van der Waals surface area (Å²) in [6.07, 6.45) is 2.50. The number of esters is 1. The molecule has 0 saturated heterocycles. The lowest BCUT2D eigenvalue weighted by atomic mass is 10.0. The van der Waals surface area contributed by atoms with Crippen molar-refractivity contribution in [3.63, 3.8) is 0 Å². The van der Waals surface area contributed by atoms with Crippen molar-refractivity contribution in [2.45, 2.75) is 45.3 Å². The van der Waals surface area contributed by atoms with Crippen molar-refractivity contribution >= 4 is 32.6 Å². The van der Waals surface area contributed by atoms with Crippen LogP contribution in [0.1, 0.15) is 54.3 Å². The summed E-state index contributed by atoms with van der Waals surface area (Å²) in [7, 11) is -3.55. The number of aryl methyl sites for hydroxylation is 1. The minimum atomic E-state index is -3.55. The fourth-order valence-corrected chi connectivity index (χ4v) is 5.52. The van der Waals surface area contributed by atoms with Gasteiger partial charge in [0.1, 0.15) is 16.9 Å². The third-order valence-corrected chi connectivity index (χ3v) is 7.53. The van der Waals surface area contributed by atoms with E-state index in [1.807, 2.05) is 44.2 Å². The van der Waals surface area contributed by atoms with E-state index in [1.54, 1.807) is 13.0 Å². The second-order valence-electron chi connectivity index (χ2n) is 9.01. The molecule has 1 spiro atoms.